The molecule has 0 amide bonds. The number of unbranched alkanes of at least 4 members (excludes halogenated alkanes) is 19. The van der Waals surface area contributed by atoms with E-state index < -0.39 is 12.1 Å². The van der Waals surface area contributed by atoms with Crippen LogP contribution in [0.25, 0.3) is 0 Å². The summed E-state index contributed by atoms with van der Waals surface area (Å²) in [5.41, 5.74) is 0. The highest BCUT2D eigenvalue weighted by Crippen LogP contribution is 2.13. The lowest BCUT2D eigenvalue weighted by Gasteiger charge is -2.02. The Kier molecular flexibility index (Phi) is 27.2. The Balaban J connectivity index is 3.21. The quantitative estimate of drug-likeness (QED) is 0.0796. The minimum Gasteiger partial charge on any atom is -0.472 e. The third-order valence-electron chi connectivity index (χ3n) is 6.27. The summed E-state index contributed by atoms with van der Waals surface area (Å²) in [6, 6.07) is 0. The second-order valence-corrected chi connectivity index (χ2v) is 9.65. The number of aliphatic hydroxyl groups excluding tert-OH is 1. The van der Waals surface area contributed by atoms with Crippen LogP contribution < -0.4 is 0 Å². The average Bonchev–Trinajstić information content (AvgIpc) is 2.87. The number of terminal acetylenes is 1. The van der Waals surface area contributed by atoms with Crippen molar-refractivity contribution in [2.75, 3.05) is 0 Å². The summed E-state index contributed by atoms with van der Waals surface area (Å²) in [5.74, 6) is 5.81. The topological polar surface area (TPSA) is 57.5 Å². The van der Waals surface area contributed by atoms with Crippen LogP contribution in [0, 0.1) is 24.2 Å². The minimum absolute atomic E-state index is 0.722. The first-order valence-corrected chi connectivity index (χ1v) is 14.5. The summed E-state index contributed by atoms with van der Waals surface area (Å²) >= 11 is 0. The Morgan fingerprint density at radius 3 is 1.36 bits per heavy atom. The molecule has 2 N–H and O–H groups in total. The van der Waals surface area contributed by atoms with E-state index in [1.165, 1.54) is 116 Å². The second kappa shape index (κ2) is 29.0. The Morgan fingerprint density at radius 2 is 0.972 bits per heavy atom. The van der Waals surface area contributed by atoms with E-state index in [9.17, 15) is 9.90 Å². The van der Waals surface area contributed by atoms with Crippen LogP contribution in [0.3, 0.4) is 0 Å². The van der Waals surface area contributed by atoms with Crippen molar-refractivity contribution in [3.05, 3.63) is 36.5 Å². The molecule has 1 atom stereocenters. The molecule has 0 rings (SSSR count). The van der Waals surface area contributed by atoms with Gasteiger partial charge in [0.05, 0.1) is 0 Å². The van der Waals surface area contributed by atoms with Crippen molar-refractivity contribution in [2.24, 2.45) is 0 Å². The van der Waals surface area contributed by atoms with Crippen molar-refractivity contribution in [3.63, 3.8) is 0 Å². The molecule has 0 aliphatic carbocycles. The Hall–Kier alpha value is -2.23. The Morgan fingerprint density at radius 1 is 0.611 bits per heavy atom. The molecule has 202 valence electrons. The minimum atomic E-state index is -1.07. The van der Waals surface area contributed by atoms with Gasteiger partial charge in [0.2, 0.25) is 0 Å². The number of hydrogen-bond acceptors (Lipinski definition) is 2. The van der Waals surface area contributed by atoms with Gasteiger partial charge >= 0.3 is 5.97 Å². The summed E-state index contributed by atoms with van der Waals surface area (Å²) in [4.78, 5) is 10.2. The fraction of sp³-hybridized carbons (Fsp3) is 0.667. The molecule has 0 aromatic carbocycles. The molecule has 0 aliphatic rings. The summed E-state index contributed by atoms with van der Waals surface area (Å²) in [6.45, 7) is 0. The first-order valence-electron chi connectivity index (χ1n) is 14.5. The Bertz CT molecular complexity index is 684. The number of hydrogen-bond donors (Lipinski definition) is 2. The Labute approximate surface area is 222 Å². The average molecular weight is 497 g/mol. The number of carboxylic acid groups (broad SMARTS) is 1. The molecular weight excluding hydrogens is 444 g/mol. The van der Waals surface area contributed by atoms with Crippen molar-refractivity contribution >= 4 is 5.97 Å². The summed E-state index contributed by atoms with van der Waals surface area (Å²) < 4.78 is 0. The predicted molar refractivity (Wildman–Crippen MR) is 155 cm³/mol. The van der Waals surface area contributed by atoms with Gasteiger partial charge in [-0.25, -0.2) is 4.79 Å². The molecule has 0 unspecified atom stereocenters. The smallest absolute Gasteiger partial charge is 0.382 e. The van der Waals surface area contributed by atoms with Crippen LogP contribution in [0.1, 0.15) is 135 Å². The third-order valence-corrected chi connectivity index (χ3v) is 6.27. The largest absolute Gasteiger partial charge is 0.472 e. The molecule has 0 radical (unpaired) electrons. The fourth-order valence-corrected chi connectivity index (χ4v) is 4.11. The number of rotatable bonds is 24. The molecular formula is C33H52O3. The van der Waals surface area contributed by atoms with E-state index in [1.54, 1.807) is 12.2 Å². The molecule has 0 aliphatic heterocycles. The first kappa shape index (κ1) is 33.8. The number of allylic oxidation sites excluding steroid dienone is 5. The summed E-state index contributed by atoms with van der Waals surface area (Å²) in [5, 5.41) is 17.6. The standard InChI is InChI=1S/C33H52O3/c1-2-32(34)30-28-26-24-22-20-18-16-14-12-10-8-6-4-3-5-7-9-11-13-15-17-19-21-23-25-27-29-31-33(35)36/h1,3,5,25,27-28,30,32,34H,4,6-24,26H2,(H,35,36)/b5-3+,27-25+,30-28+/t32-/m0/s1. The summed E-state index contributed by atoms with van der Waals surface area (Å²) in [6.07, 6.45) is 43.3. The van der Waals surface area contributed by atoms with Crippen molar-refractivity contribution in [1.82, 2.24) is 0 Å². The van der Waals surface area contributed by atoms with E-state index in [4.69, 9.17) is 11.5 Å². The van der Waals surface area contributed by atoms with Crippen LogP contribution in [0.15, 0.2) is 36.5 Å². The molecule has 36 heavy (non-hydrogen) atoms. The summed E-state index contributed by atoms with van der Waals surface area (Å²) in [7, 11) is 0. The van der Waals surface area contributed by atoms with E-state index in [-0.39, 0.29) is 0 Å². The van der Waals surface area contributed by atoms with Gasteiger partial charge in [-0.1, -0.05) is 120 Å². The highest BCUT2D eigenvalue weighted by Gasteiger charge is 1.94. The van der Waals surface area contributed by atoms with Gasteiger partial charge in [0.1, 0.15) is 6.10 Å². The van der Waals surface area contributed by atoms with Crippen LogP contribution in [0.5, 0.6) is 0 Å². The van der Waals surface area contributed by atoms with Gasteiger partial charge in [-0.3, -0.25) is 0 Å². The van der Waals surface area contributed by atoms with E-state index in [2.05, 4.69) is 29.9 Å². The van der Waals surface area contributed by atoms with Crippen molar-refractivity contribution < 1.29 is 15.0 Å². The van der Waals surface area contributed by atoms with Crippen LogP contribution in [-0.2, 0) is 4.79 Å². The molecule has 0 spiro atoms. The van der Waals surface area contributed by atoms with Gasteiger partial charge in [-0.2, -0.15) is 0 Å². The van der Waals surface area contributed by atoms with Crippen molar-refractivity contribution in [3.8, 4) is 24.2 Å². The van der Waals surface area contributed by atoms with Crippen molar-refractivity contribution in [1.29, 1.82) is 0 Å². The van der Waals surface area contributed by atoms with Crippen molar-refractivity contribution in [2.45, 2.75) is 141 Å². The van der Waals surface area contributed by atoms with Gasteiger partial charge in [-0.15, -0.1) is 6.42 Å². The highest BCUT2D eigenvalue weighted by atomic mass is 16.4. The van der Waals surface area contributed by atoms with Gasteiger partial charge < -0.3 is 10.2 Å². The van der Waals surface area contributed by atoms with Gasteiger partial charge in [0, 0.05) is 5.92 Å². The maximum Gasteiger partial charge on any atom is 0.382 e. The van der Waals surface area contributed by atoms with E-state index in [1.807, 2.05) is 12.2 Å². The normalized spacial score (nSPS) is 12.2. The maximum absolute atomic E-state index is 10.2. The maximum atomic E-state index is 10.2. The molecule has 0 aromatic rings. The number of aliphatic carboxylic acids is 1. The first-order chi connectivity index (χ1) is 17.7. The zero-order chi connectivity index (χ0) is 26.4. The van der Waals surface area contributed by atoms with Crippen LogP contribution >= 0.6 is 0 Å². The lowest BCUT2D eigenvalue weighted by Crippen LogP contribution is -1.95. The second-order valence-electron chi connectivity index (χ2n) is 9.65. The molecule has 0 fully saturated rings. The van der Waals surface area contributed by atoms with Gasteiger partial charge in [-0.05, 0) is 63.5 Å². The van der Waals surface area contributed by atoms with Gasteiger partial charge in [0.15, 0.2) is 0 Å². The number of aliphatic hydroxyl groups is 1. The zero-order valence-electron chi connectivity index (χ0n) is 22.8. The monoisotopic (exact) mass is 496 g/mol. The SMILES string of the molecule is C#C[C@H](O)/C=C/CCCCCCCCCCCC/C=C/CCCCCCCCC/C=C/C#CC(=O)O. The molecule has 0 saturated carbocycles. The number of carboxylic acids is 1. The number of carbonyl (C=O) groups is 1. The third kappa shape index (κ3) is 29.8. The molecule has 0 saturated heterocycles. The highest BCUT2D eigenvalue weighted by molar-refractivity contribution is 5.86. The molecule has 3 nitrogen and oxygen atoms in total. The molecule has 0 bridgehead atoms. The van der Waals surface area contributed by atoms with E-state index in [0.29, 0.717) is 0 Å². The van der Waals surface area contributed by atoms with Crippen LogP contribution in [0.2, 0.25) is 0 Å². The predicted octanol–water partition coefficient (Wildman–Crippen LogP) is 8.93. The molecule has 3 heteroatoms. The van der Waals surface area contributed by atoms with E-state index >= 15 is 0 Å². The van der Waals surface area contributed by atoms with Crippen LogP contribution in [0.4, 0.5) is 0 Å². The molecule has 0 aromatic heterocycles. The lowest BCUT2D eigenvalue weighted by molar-refractivity contribution is -0.130. The lowest BCUT2D eigenvalue weighted by atomic mass is 10.0. The zero-order valence-corrected chi connectivity index (χ0v) is 22.8. The molecule has 0 heterocycles. The fourth-order valence-electron chi connectivity index (χ4n) is 4.11. The van der Waals surface area contributed by atoms with Crippen LogP contribution in [-0.4, -0.2) is 22.3 Å². The van der Waals surface area contributed by atoms with E-state index in [0.717, 1.165) is 19.3 Å². The van der Waals surface area contributed by atoms with Gasteiger partial charge in [0.25, 0.3) is 0 Å².